The predicted molar refractivity (Wildman–Crippen MR) is 78.0 cm³/mol. The smallest absolute Gasteiger partial charge is 0.349 e. The molecule has 8 heteroatoms. The average Bonchev–Trinajstić information content (AvgIpc) is 2.52. The summed E-state index contributed by atoms with van der Waals surface area (Å²) in [7, 11) is 0. The molecule has 0 aliphatic heterocycles. The van der Waals surface area contributed by atoms with Crippen LogP contribution in [-0.4, -0.2) is 21.9 Å². The largest absolute Gasteiger partial charge is 0.416 e. The Hall–Kier alpha value is -2.48. The Morgan fingerprint density at radius 2 is 1.91 bits per heavy atom. The summed E-state index contributed by atoms with van der Waals surface area (Å²) in [6.07, 6.45) is -3.08. The minimum Gasteiger partial charge on any atom is -0.349 e. The summed E-state index contributed by atoms with van der Waals surface area (Å²) >= 11 is 0. The van der Waals surface area contributed by atoms with Crippen LogP contribution in [0.15, 0.2) is 36.7 Å². The van der Waals surface area contributed by atoms with Crippen LogP contribution >= 0.6 is 0 Å². The van der Waals surface area contributed by atoms with Crippen LogP contribution in [-0.2, 0) is 17.5 Å². The van der Waals surface area contributed by atoms with Crippen molar-refractivity contribution in [3.63, 3.8) is 0 Å². The van der Waals surface area contributed by atoms with E-state index in [0.717, 1.165) is 12.1 Å². The molecule has 1 aromatic heterocycles. The van der Waals surface area contributed by atoms with E-state index in [0.29, 0.717) is 17.0 Å². The number of carbonyl (C=O) groups is 1. The highest BCUT2D eigenvalue weighted by molar-refractivity contribution is 5.80. The second-order valence-electron chi connectivity index (χ2n) is 4.98. The molecule has 0 fully saturated rings. The molecular formula is C15H15F3N4O. The van der Waals surface area contributed by atoms with E-state index in [1.165, 1.54) is 18.5 Å². The molecule has 1 atom stereocenters. The van der Waals surface area contributed by atoms with Crippen LogP contribution in [0.2, 0.25) is 0 Å². The molecule has 0 aliphatic carbocycles. The molecule has 3 N–H and O–H groups in total. The molecule has 122 valence electrons. The topological polar surface area (TPSA) is 80.9 Å². The lowest BCUT2D eigenvalue weighted by Crippen LogP contribution is -2.37. The van der Waals surface area contributed by atoms with Crippen molar-refractivity contribution >= 4 is 5.91 Å². The van der Waals surface area contributed by atoms with Crippen molar-refractivity contribution in [2.75, 3.05) is 0 Å². The van der Waals surface area contributed by atoms with Crippen LogP contribution in [0.3, 0.4) is 0 Å². The number of carbonyl (C=O) groups excluding carboxylic acids is 1. The number of hydrogen-bond acceptors (Lipinski definition) is 4. The summed E-state index contributed by atoms with van der Waals surface area (Å²) in [5.74, 6) is -0.320. The number of rotatable bonds is 4. The highest BCUT2D eigenvalue weighted by Crippen LogP contribution is 2.30. The molecule has 0 saturated heterocycles. The van der Waals surface area contributed by atoms with Gasteiger partial charge in [-0.05, 0) is 25.1 Å². The summed E-state index contributed by atoms with van der Waals surface area (Å²) in [4.78, 5) is 19.5. The fourth-order valence-electron chi connectivity index (χ4n) is 1.82. The zero-order valence-corrected chi connectivity index (χ0v) is 12.3. The Kier molecular flexibility index (Phi) is 4.95. The number of hydrogen-bond donors (Lipinski definition) is 2. The fourth-order valence-corrected chi connectivity index (χ4v) is 1.82. The lowest BCUT2D eigenvalue weighted by Gasteiger charge is -2.09. The third kappa shape index (κ3) is 4.49. The minimum atomic E-state index is -4.38. The van der Waals surface area contributed by atoms with Crippen molar-refractivity contribution in [1.82, 2.24) is 15.3 Å². The van der Waals surface area contributed by atoms with E-state index in [2.05, 4.69) is 15.3 Å². The highest BCUT2D eigenvalue weighted by atomic mass is 19.4. The van der Waals surface area contributed by atoms with Crippen molar-refractivity contribution < 1.29 is 18.0 Å². The number of aromatic nitrogens is 2. The SMILES string of the molecule is CC(N)C(=O)NCc1cc(-c2ccc(C(F)(F)F)cc2)ncn1. The lowest BCUT2D eigenvalue weighted by atomic mass is 10.1. The first-order valence-corrected chi connectivity index (χ1v) is 6.79. The van der Waals surface area contributed by atoms with Gasteiger partial charge in [-0.3, -0.25) is 4.79 Å². The maximum Gasteiger partial charge on any atom is 0.416 e. The number of amides is 1. The number of nitrogens with zero attached hydrogens (tertiary/aromatic N) is 2. The van der Waals surface area contributed by atoms with E-state index >= 15 is 0 Å². The zero-order chi connectivity index (χ0) is 17.0. The van der Waals surface area contributed by atoms with E-state index in [9.17, 15) is 18.0 Å². The van der Waals surface area contributed by atoms with Crippen LogP contribution in [0, 0.1) is 0 Å². The van der Waals surface area contributed by atoms with Gasteiger partial charge in [0.1, 0.15) is 6.33 Å². The minimum absolute atomic E-state index is 0.163. The van der Waals surface area contributed by atoms with Crippen molar-refractivity contribution in [2.24, 2.45) is 5.73 Å². The van der Waals surface area contributed by atoms with Crippen molar-refractivity contribution in [3.05, 3.63) is 47.9 Å². The van der Waals surface area contributed by atoms with Crippen molar-refractivity contribution in [2.45, 2.75) is 25.7 Å². The standard InChI is InChI=1S/C15H15F3N4O/c1-9(19)14(23)20-7-12-6-13(22-8-21-12)10-2-4-11(5-3-10)15(16,17)18/h2-6,8-9H,7,19H2,1H3,(H,20,23). The monoisotopic (exact) mass is 324 g/mol. The Balaban J connectivity index is 2.15. The number of nitrogens with two attached hydrogens (primary N) is 1. The van der Waals surface area contributed by atoms with Gasteiger partial charge in [0.2, 0.25) is 5.91 Å². The third-order valence-electron chi connectivity index (χ3n) is 3.09. The molecule has 2 rings (SSSR count). The molecular weight excluding hydrogens is 309 g/mol. The summed E-state index contributed by atoms with van der Waals surface area (Å²) in [6.45, 7) is 1.72. The lowest BCUT2D eigenvalue weighted by molar-refractivity contribution is -0.137. The third-order valence-corrected chi connectivity index (χ3v) is 3.09. The summed E-state index contributed by atoms with van der Waals surface area (Å²) in [6, 6.07) is 5.64. The fraction of sp³-hybridized carbons (Fsp3) is 0.267. The Morgan fingerprint density at radius 1 is 1.26 bits per heavy atom. The number of benzene rings is 1. The molecule has 5 nitrogen and oxygen atoms in total. The molecule has 1 heterocycles. The first kappa shape index (κ1) is 16.9. The normalized spacial score (nSPS) is 12.7. The quantitative estimate of drug-likeness (QED) is 0.903. The molecule has 0 radical (unpaired) electrons. The van der Waals surface area contributed by atoms with Gasteiger partial charge in [0, 0.05) is 5.56 Å². The first-order chi connectivity index (χ1) is 10.8. The number of alkyl halides is 3. The van der Waals surface area contributed by atoms with Crippen molar-refractivity contribution in [1.29, 1.82) is 0 Å². The Bertz CT molecular complexity index is 684. The van der Waals surface area contributed by atoms with E-state index < -0.39 is 17.8 Å². The second-order valence-corrected chi connectivity index (χ2v) is 4.98. The summed E-state index contributed by atoms with van der Waals surface area (Å²) < 4.78 is 37.7. The van der Waals surface area contributed by atoms with Gasteiger partial charge in [-0.1, -0.05) is 12.1 Å². The van der Waals surface area contributed by atoms with Gasteiger partial charge in [0.05, 0.1) is 29.5 Å². The maximum absolute atomic E-state index is 12.6. The molecule has 1 amide bonds. The van der Waals surface area contributed by atoms with Crippen LogP contribution in [0.4, 0.5) is 13.2 Å². The van der Waals surface area contributed by atoms with Gasteiger partial charge in [-0.2, -0.15) is 13.2 Å². The summed E-state index contributed by atoms with van der Waals surface area (Å²) in [5, 5.41) is 2.60. The highest BCUT2D eigenvalue weighted by Gasteiger charge is 2.30. The zero-order valence-electron chi connectivity index (χ0n) is 12.3. The summed E-state index contributed by atoms with van der Waals surface area (Å²) in [5.41, 5.74) is 6.24. The van der Waals surface area contributed by atoms with Crippen LogP contribution < -0.4 is 11.1 Å². The molecule has 0 aliphatic rings. The number of halogens is 3. The van der Waals surface area contributed by atoms with E-state index in [1.54, 1.807) is 13.0 Å². The Labute approximate surface area is 130 Å². The predicted octanol–water partition coefficient (Wildman–Crippen LogP) is 2.13. The molecule has 1 unspecified atom stereocenters. The van der Waals surface area contributed by atoms with E-state index in [1.807, 2.05) is 0 Å². The van der Waals surface area contributed by atoms with Crippen LogP contribution in [0.25, 0.3) is 11.3 Å². The van der Waals surface area contributed by atoms with Gasteiger partial charge in [-0.25, -0.2) is 9.97 Å². The van der Waals surface area contributed by atoms with Gasteiger partial charge in [0.25, 0.3) is 0 Å². The van der Waals surface area contributed by atoms with Gasteiger partial charge < -0.3 is 11.1 Å². The molecule has 0 spiro atoms. The van der Waals surface area contributed by atoms with Crippen molar-refractivity contribution in [3.8, 4) is 11.3 Å². The molecule has 23 heavy (non-hydrogen) atoms. The molecule has 2 aromatic rings. The van der Waals surface area contributed by atoms with E-state index in [4.69, 9.17) is 5.73 Å². The van der Waals surface area contributed by atoms with Crippen LogP contribution in [0.1, 0.15) is 18.2 Å². The number of nitrogens with one attached hydrogen (secondary N) is 1. The van der Waals surface area contributed by atoms with E-state index in [-0.39, 0.29) is 12.5 Å². The van der Waals surface area contributed by atoms with Crippen LogP contribution in [0.5, 0.6) is 0 Å². The maximum atomic E-state index is 12.6. The second kappa shape index (κ2) is 6.74. The average molecular weight is 324 g/mol. The molecule has 1 aromatic carbocycles. The molecule has 0 saturated carbocycles. The van der Waals surface area contributed by atoms with Gasteiger partial charge >= 0.3 is 6.18 Å². The Morgan fingerprint density at radius 3 is 2.48 bits per heavy atom. The van der Waals surface area contributed by atoms with Gasteiger partial charge in [0.15, 0.2) is 0 Å². The molecule has 0 bridgehead atoms. The van der Waals surface area contributed by atoms with Gasteiger partial charge in [-0.15, -0.1) is 0 Å². The first-order valence-electron chi connectivity index (χ1n) is 6.79.